The van der Waals surface area contributed by atoms with Crippen LogP contribution < -0.4 is 5.32 Å². The average Bonchev–Trinajstić information content (AvgIpc) is 3.08. The van der Waals surface area contributed by atoms with Gasteiger partial charge in [0.05, 0.1) is 5.71 Å². The van der Waals surface area contributed by atoms with Crippen LogP contribution in [0.1, 0.15) is 38.3 Å². The van der Waals surface area contributed by atoms with Gasteiger partial charge in [-0.2, -0.15) is 0 Å². The van der Waals surface area contributed by atoms with Crippen molar-refractivity contribution in [2.24, 2.45) is 4.99 Å². The summed E-state index contributed by atoms with van der Waals surface area (Å²) in [5.74, 6) is 0.555. The molecule has 1 aliphatic heterocycles. The molecule has 0 fully saturated rings. The summed E-state index contributed by atoms with van der Waals surface area (Å²) in [7, 11) is 0. The van der Waals surface area contributed by atoms with E-state index in [-0.39, 0.29) is 5.91 Å². The van der Waals surface area contributed by atoms with Crippen molar-refractivity contribution in [2.45, 2.75) is 27.2 Å². The van der Waals surface area contributed by atoms with Gasteiger partial charge in [-0.05, 0) is 56.2 Å². The highest BCUT2D eigenvalue weighted by Crippen LogP contribution is 2.31. The molecule has 0 unspecified atom stereocenters. The Labute approximate surface area is 168 Å². The normalized spacial score (nSPS) is 12.5. The molecule has 2 aromatic heterocycles. The number of fused-ring (bicyclic) bond motifs is 1. The summed E-state index contributed by atoms with van der Waals surface area (Å²) in [6, 6.07) is 9.24. The standard InChI is InChI=1S/C22H19ClN4O/c1-12-8-15-9-20(27-21(15)25-11-12)18-10-16(4-5-19(18)23)26-22(28)17-6-7-24-14(3)13(17)2/h4-8,10-11H,9H2,1-3H3,(H,26,28). The fourth-order valence-electron chi connectivity index (χ4n) is 3.27. The van der Waals surface area contributed by atoms with E-state index >= 15 is 0 Å². The number of carbonyl (C=O) groups is 1. The predicted molar refractivity (Wildman–Crippen MR) is 112 cm³/mol. The molecule has 0 spiro atoms. The molecule has 5 nitrogen and oxygen atoms in total. The highest BCUT2D eigenvalue weighted by atomic mass is 35.5. The Morgan fingerprint density at radius 1 is 1.11 bits per heavy atom. The van der Waals surface area contributed by atoms with Crippen molar-refractivity contribution in [2.75, 3.05) is 5.32 Å². The minimum absolute atomic E-state index is 0.176. The van der Waals surface area contributed by atoms with Crippen LogP contribution in [0.2, 0.25) is 5.02 Å². The van der Waals surface area contributed by atoms with E-state index in [2.05, 4.69) is 26.3 Å². The molecule has 140 valence electrons. The number of halogens is 1. The van der Waals surface area contributed by atoms with Gasteiger partial charge in [-0.15, -0.1) is 0 Å². The van der Waals surface area contributed by atoms with Crippen LogP contribution in [-0.4, -0.2) is 21.6 Å². The van der Waals surface area contributed by atoms with E-state index in [1.165, 1.54) is 0 Å². The lowest BCUT2D eigenvalue weighted by Gasteiger charge is -2.11. The monoisotopic (exact) mass is 390 g/mol. The molecule has 1 aromatic carbocycles. The van der Waals surface area contributed by atoms with E-state index in [0.29, 0.717) is 22.7 Å². The molecule has 1 N–H and O–H groups in total. The van der Waals surface area contributed by atoms with Gasteiger partial charge < -0.3 is 5.32 Å². The number of anilines is 1. The van der Waals surface area contributed by atoms with Crippen LogP contribution in [0.25, 0.3) is 0 Å². The zero-order valence-electron chi connectivity index (χ0n) is 15.9. The zero-order valence-corrected chi connectivity index (χ0v) is 16.6. The summed E-state index contributed by atoms with van der Waals surface area (Å²) in [4.78, 5) is 25.9. The zero-order chi connectivity index (χ0) is 19.8. The third-order valence-electron chi connectivity index (χ3n) is 4.91. The maximum Gasteiger partial charge on any atom is 0.256 e. The number of hydrogen-bond acceptors (Lipinski definition) is 4. The largest absolute Gasteiger partial charge is 0.322 e. The maximum absolute atomic E-state index is 12.7. The second kappa shape index (κ2) is 7.17. The lowest BCUT2D eigenvalue weighted by atomic mass is 10.0. The minimum atomic E-state index is -0.176. The number of nitrogens with zero attached hydrogens (tertiary/aromatic N) is 3. The van der Waals surface area contributed by atoms with E-state index in [4.69, 9.17) is 11.6 Å². The van der Waals surface area contributed by atoms with Gasteiger partial charge in [0, 0.05) is 51.9 Å². The minimum Gasteiger partial charge on any atom is -0.322 e. The molecule has 4 rings (SSSR count). The first-order chi connectivity index (χ1) is 13.4. The molecule has 0 aliphatic carbocycles. The lowest BCUT2D eigenvalue weighted by molar-refractivity contribution is 0.102. The molecule has 0 bridgehead atoms. The van der Waals surface area contributed by atoms with Gasteiger partial charge in [0.25, 0.3) is 5.91 Å². The lowest BCUT2D eigenvalue weighted by Crippen LogP contribution is -2.15. The van der Waals surface area contributed by atoms with E-state index in [1.54, 1.807) is 24.4 Å². The second-order valence-corrected chi connectivity index (χ2v) is 7.36. The summed E-state index contributed by atoms with van der Waals surface area (Å²) in [6.07, 6.45) is 4.12. The van der Waals surface area contributed by atoms with E-state index in [1.807, 2.05) is 33.0 Å². The second-order valence-electron chi connectivity index (χ2n) is 6.95. The van der Waals surface area contributed by atoms with E-state index in [0.717, 1.165) is 39.5 Å². The van der Waals surface area contributed by atoms with Gasteiger partial charge in [0.2, 0.25) is 0 Å². The van der Waals surface area contributed by atoms with Gasteiger partial charge in [-0.3, -0.25) is 9.78 Å². The Morgan fingerprint density at radius 2 is 1.93 bits per heavy atom. The molecule has 0 saturated heterocycles. The third-order valence-corrected chi connectivity index (χ3v) is 5.24. The predicted octanol–water partition coefficient (Wildman–Crippen LogP) is 4.98. The molecule has 1 aliphatic rings. The smallest absolute Gasteiger partial charge is 0.256 e. The number of nitrogens with one attached hydrogen (secondary N) is 1. The molecule has 0 radical (unpaired) electrons. The molecule has 6 heteroatoms. The third kappa shape index (κ3) is 3.41. The van der Waals surface area contributed by atoms with Crippen molar-refractivity contribution in [3.05, 3.63) is 81.3 Å². The molecular weight excluding hydrogens is 372 g/mol. The molecule has 0 atom stereocenters. The number of rotatable bonds is 3. The summed E-state index contributed by atoms with van der Waals surface area (Å²) in [6.45, 7) is 5.79. The summed E-state index contributed by atoms with van der Waals surface area (Å²) in [5, 5.41) is 3.55. The Hall–Kier alpha value is -3.05. The summed E-state index contributed by atoms with van der Waals surface area (Å²) >= 11 is 6.43. The first kappa shape index (κ1) is 18.3. The van der Waals surface area contributed by atoms with Crippen LogP contribution in [-0.2, 0) is 6.42 Å². The number of carbonyl (C=O) groups excluding carboxylic acids is 1. The number of aliphatic imine (C=N–C) groups is 1. The van der Waals surface area contributed by atoms with Crippen molar-refractivity contribution in [1.29, 1.82) is 0 Å². The van der Waals surface area contributed by atoms with E-state index < -0.39 is 0 Å². The molecule has 1 amide bonds. The molecule has 3 aromatic rings. The van der Waals surface area contributed by atoms with Gasteiger partial charge in [-0.25, -0.2) is 9.98 Å². The van der Waals surface area contributed by atoms with Crippen LogP contribution in [0, 0.1) is 20.8 Å². The van der Waals surface area contributed by atoms with Crippen LogP contribution in [0.5, 0.6) is 0 Å². The first-order valence-electron chi connectivity index (χ1n) is 8.99. The first-order valence-corrected chi connectivity index (χ1v) is 9.37. The Bertz CT molecular complexity index is 1140. The number of benzene rings is 1. The molecule has 28 heavy (non-hydrogen) atoms. The number of pyridine rings is 2. The number of amides is 1. The maximum atomic E-state index is 12.7. The topological polar surface area (TPSA) is 67.2 Å². The van der Waals surface area contributed by atoms with Crippen LogP contribution in [0.15, 0.2) is 47.7 Å². The Kier molecular flexibility index (Phi) is 4.69. The quantitative estimate of drug-likeness (QED) is 0.685. The van der Waals surface area contributed by atoms with Crippen molar-refractivity contribution in [3.8, 4) is 0 Å². The van der Waals surface area contributed by atoms with Crippen molar-refractivity contribution >= 4 is 34.7 Å². The highest BCUT2D eigenvalue weighted by Gasteiger charge is 2.20. The van der Waals surface area contributed by atoms with Gasteiger partial charge in [0.15, 0.2) is 5.82 Å². The van der Waals surface area contributed by atoms with Crippen LogP contribution in [0.3, 0.4) is 0 Å². The fourth-order valence-corrected chi connectivity index (χ4v) is 3.49. The Morgan fingerprint density at radius 3 is 2.75 bits per heavy atom. The Balaban J connectivity index is 1.62. The fraction of sp³-hybridized carbons (Fsp3) is 0.182. The average molecular weight is 391 g/mol. The van der Waals surface area contributed by atoms with E-state index in [9.17, 15) is 4.79 Å². The molecule has 0 saturated carbocycles. The van der Waals surface area contributed by atoms with Gasteiger partial charge in [0.1, 0.15) is 0 Å². The number of aryl methyl sites for hydroxylation is 2. The molecule has 3 heterocycles. The van der Waals surface area contributed by atoms with Gasteiger partial charge in [-0.1, -0.05) is 17.7 Å². The van der Waals surface area contributed by atoms with Gasteiger partial charge >= 0.3 is 0 Å². The SMILES string of the molecule is Cc1cnc2c(c1)CC(c1cc(NC(=O)c3ccnc(C)c3C)ccc1Cl)=N2. The van der Waals surface area contributed by atoms with Crippen LogP contribution in [0.4, 0.5) is 11.5 Å². The van der Waals surface area contributed by atoms with Crippen molar-refractivity contribution in [1.82, 2.24) is 9.97 Å². The van der Waals surface area contributed by atoms with Crippen molar-refractivity contribution in [3.63, 3.8) is 0 Å². The van der Waals surface area contributed by atoms with Crippen molar-refractivity contribution < 1.29 is 4.79 Å². The molecular formula is C22H19ClN4O. The highest BCUT2D eigenvalue weighted by molar-refractivity contribution is 6.34. The summed E-state index contributed by atoms with van der Waals surface area (Å²) < 4.78 is 0. The van der Waals surface area contributed by atoms with Crippen LogP contribution >= 0.6 is 11.6 Å². The number of aromatic nitrogens is 2. The number of hydrogen-bond donors (Lipinski definition) is 1. The summed E-state index contributed by atoms with van der Waals surface area (Å²) in [5.41, 5.74) is 6.82.